The second kappa shape index (κ2) is 23.7. The van der Waals surface area contributed by atoms with E-state index in [2.05, 4.69) is 143 Å². The number of hydrogen-bond acceptors (Lipinski definition) is 0. The summed E-state index contributed by atoms with van der Waals surface area (Å²) in [5.41, 5.74) is 6.14. The van der Waals surface area contributed by atoms with Crippen molar-refractivity contribution in [1.82, 2.24) is 0 Å². The normalized spacial score (nSPS) is 11.0. The molecule has 0 atom stereocenters. The van der Waals surface area contributed by atoms with Crippen LogP contribution in [0.5, 0.6) is 0 Å². The van der Waals surface area contributed by atoms with Crippen molar-refractivity contribution >= 4 is 47.7 Å². The van der Waals surface area contributed by atoms with Crippen molar-refractivity contribution in [3.05, 3.63) is 168 Å². The number of hydrogen-bond donors (Lipinski definition) is 0. The van der Waals surface area contributed by atoms with Gasteiger partial charge in [-0.05, 0) is 103 Å². The average molecular weight is 779 g/mol. The van der Waals surface area contributed by atoms with Crippen LogP contribution in [0.2, 0.25) is 0 Å². The predicted octanol–water partition coefficient (Wildman–Crippen LogP) is 11.7. The van der Waals surface area contributed by atoms with Crippen LogP contribution in [0, 0.1) is 0 Å². The zero-order chi connectivity index (χ0) is 36.4. The van der Waals surface area contributed by atoms with E-state index in [-0.39, 0.29) is 17.1 Å². The topological polar surface area (TPSA) is 0 Å². The number of rotatable bonds is 18. The van der Waals surface area contributed by atoms with E-state index in [1.165, 1.54) is 73.6 Å². The summed E-state index contributed by atoms with van der Waals surface area (Å²) >= 11 is 0. The third-order valence-electron chi connectivity index (χ3n) is 9.94. The summed E-state index contributed by atoms with van der Waals surface area (Å²) in [6.07, 6.45) is 14.4. The molecule has 0 bridgehead atoms. The second-order valence-electron chi connectivity index (χ2n) is 13.9. The minimum Gasteiger partial charge on any atom is -0.748 e. The Bertz CT molecular complexity index is 1620. The molecule has 6 rings (SSSR count). The smallest absolute Gasteiger partial charge is 0 e. The van der Waals surface area contributed by atoms with E-state index in [1.807, 2.05) is 30.3 Å². The van der Waals surface area contributed by atoms with Gasteiger partial charge in [-0.15, -0.1) is 10.6 Å². The molecule has 0 spiro atoms. The molecule has 0 aromatic heterocycles. The SMILES string of the molecule is CCCCc1ccccc1P(c1ccccc1CCCC)c1ccc[c-]1P(c1ccccc1CCCC)c1ccccc1CCCC.[Fe].[cH-]1[cH-][cH-][cH-][cH-]1. The first-order valence-electron chi connectivity index (χ1n) is 20.1. The van der Waals surface area contributed by atoms with Gasteiger partial charge in [0.05, 0.1) is 0 Å². The van der Waals surface area contributed by atoms with Crippen molar-refractivity contribution in [2.75, 3.05) is 0 Å². The fraction of sp³-hybridized carbons (Fsp3) is 0.320. The van der Waals surface area contributed by atoms with Crippen molar-refractivity contribution in [2.24, 2.45) is 0 Å². The second-order valence-corrected chi connectivity index (χ2v) is 18.1. The van der Waals surface area contributed by atoms with E-state index in [0.29, 0.717) is 0 Å². The quantitative estimate of drug-likeness (QED) is 0.0463. The molecule has 0 aliphatic heterocycles. The van der Waals surface area contributed by atoms with E-state index in [1.54, 1.807) is 31.8 Å². The van der Waals surface area contributed by atoms with Gasteiger partial charge in [-0.25, -0.2) is 12.1 Å². The number of unbranched alkanes of at least 4 members (excludes halogenated alkanes) is 4. The van der Waals surface area contributed by atoms with Gasteiger partial charge in [0.15, 0.2) is 0 Å². The fourth-order valence-corrected chi connectivity index (χ4v) is 13.2. The zero-order valence-electron chi connectivity index (χ0n) is 32.6. The Hall–Kier alpha value is -3.04. The van der Waals surface area contributed by atoms with Gasteiger partial charge in [-0.2, -0.15) is 6.07 Å². The van der Waals surface area contributed by atoms with Crippen LogP contribution in [0.25, 0.3) is 0 Å². The molecule has 53 heavy (non-hydrogen) atoms. The summed E-state index contributed by atoms with van der Waals surface area (Å²) in [6.45, 7) is 9.28. The van der Waals surface area contributed by atoms with Crippen LogP contribution in [-0.2, 0) is 42.8 Å². The largest absolute Gasteiger partial charge is 0.748 e. The van der Waals surface area contributed by atoms with E-state index in [4.69, 9.17) is 0 Å². The minimum absolute atomic E-state index is 0. The standard InChI is InChI=1S/C45H55P2.C5H5.Fe/c1-5-9-22-36-26-13-17-30-40(36)46(41-31-18-14-27-37(41)23-10-6-2)44-34-21-35-45(44)47(42-32-19-15-28-38(42)24-11-7-3)43-33-20-16-29-39(43)25-12-8-4;1-2-4-5-3-1;/h13-21,26-35H,5-12,22-25H2,1-4H3;1-5H;/q-1;-5;. The molecular formula is C50H60FeP2-6. The Labute approximate surface area is 335 Å². The van der Waals surface area contributed by atoms with Crippen LogP contribution in [-0.4, -0.2) is 0 Å². The molecule has 0 N–H and O–H groups in total. The van der Waals surface area contributed by atoms with E-state index in [0.717, 1.165) is 25.7 Å². The molecule has 0 saturated heterocycles. The molecule has 6 aromatic rings. The molecular weight excluding hydrogens is 718 g/mol. The third kappa shape index (κ3) is 11.7. The molecule has 3 heteroatoms. The van der Waals surface area contributed by atoms with Gasteiger partial charge in [0.1, 0.15) is 0 Å². The van der Waals surface area contributed by atoms with Crippen molar-refractivity contribution in [2.45, 2.75) is 105 Å². The molecule has 0 amide bonds. The minimum atomic E-state index is -0.743. The van der Waals surface area contributed by atoms with Crippen LogP contribution in [0.3, 0.4) is 0 Å². The molecule has 6 aromatic carbocycles. The van der Waals surface area contributed by atoms with Gasteiger partial charge >= 0.3 is 0 Å². The molecule has 0 unspecified atom stereocenters. The Kier molecular flexibility index (Phi) is 19.1. The Morgan fingerprint density at radius 1 is 0.415 bits per heavy atom. The van der Waals surface area contributed by atoms with Gasteiger partial charge in [-0.3, -0.25) is 0 Å². The molecule has 284 valence electrons. The summed E-state index contributed by atoms with van der Waals surface area (Å²) in [6, 6.07) is 55.1. The van der Waals surface area contributed by atoms with Crippen LogP contribution in [0.1, 0.15) is 101 Å². The summed E-state index contributed by atoms with van der Waals surface area (Å²) in [5, 5.41) is 9.35. The van der Waals surface area contributed by atoms with Crippen LogP contribution < -0.4 is 31.8 Å². The van der Waals surface area contributed by atoms with E-state index in [9.17, 15) is 0 Å². The summed E-state index contributed by atoms with van der Waals surface area (Å²) in [5.74, 6) is 0. The number of aryl methyl sites for hydroxylation is 4. The third-order valence-corrected chi connectivity index (χ3v) is 15.5. The van der Waals surface area contributed by atoms with Gasteiger partial charge in [0.2, 0.25) is 0 Å². The Morgan fingerprint density at radius 2 is 0.736 bits per heavy atom. The molecule has 0 saturated carbocycles. The zero-order valence-corrected chi connectivity index (χ0v) is 35.5. The Morgan fingerprint density at radius 3 is 1.09 bits per heavy atom. The van der Waals surface area contributed by atoms with Crippen LogP contribution >= 0.6 is 15.8 Å². The Balaban J connectivity index is 0.000000964. The first-order chi connectivity index (χ1) is 25.7. The summed E-state index contributed by atoms with van der Waals surface area (Å²) in [7, 11) is -1.49. The number of benzene rings is 4. The maximum absolute atomic E-state index is 2.51. The van der Waals surface area contributed by atoms with E-state index < -0.39 is 15.8 Å². The van der Waals surface area contributed by atoms with Gasteiger partial charge in [0.25, 0.3) is 0 Å². The molecule has 0 fully saturated rings. The van der Waals surface area contributed by atoms with Gasteiger partial charge in [-0.1, -0.05) is 158 Å². The molecule has 0 nitrogen and oxygen atoms in total. The van der Waals surface area contributed by atoms with Crippen LogP contribution in [0.15, 0.2) is 146 Å². The molecule has 0 radical (unpaired) electrons. The summed E-state index contributed by atoms with van der Waals surface area (Å²) < 4.78 is 0. The molecule has 0 aliphatic rings. The van der Waals surface area contributed by atoms with Crippen molar-refractivity contribution in [3.8, 4) is 0 Å². The van der Waals surface area contributed by atoms with Crippen molar-refractivity contribution < 1.29 is 17.1 Å². The van der Waals surface area contributed by atoms with Gasteiger partial charge < -0.3 is 30.3 Å². The average Bonchev–Trinajstić information content (AvgIpc) is 3.94. The first kappa shape index (κ1) is 42.7. The van der Waals surface area contributed by atoms with Crippen molar-refractivity contribution in [1.29, 1.82) is 0 Å². The monoisotopic (exact) mass is 778 g/mol. The molecule has 0 aliphatic carbocycles. The van der Waals surface area contributed by atoms with Gasteiger partial charge in [0, 0.05) is 17.1 Å². The molecule has 0 heterocycles. The predicted molar refractivity (Wildman–Crippen MR) is 236 cm³/mol. The fourth-order valence-electron chi connectivity index (χ4n) is 7.11. The maximum Gasteiger partial charge on any atom is 0 e. The summed E-state index contributed by atoms with van der Waals surface area (Å²) in [4.78, 5) is 0. The van der Waals surface area contributed by atoms with Crippen molar-refractivity contribution in [3.63, 3.8) is 0 Å². The first-order valence-corrected chi connectivity index (χ1v) is 22.7. The van der Waals surface area contributed by atoms with E-state index >= 15 is 0 Å². The van der Waals surface area contributed by atoms with Crippen LogP contribution in [0.4, 0.5) is 0 Å². The maximum atomic E-state index is 2.51.